The van der Waals surface area contributed by atoms with Crippen LogP contribution in [0, 0.1) is 0 Å². The van der Waals surface area contributed by atoms with Crippen LogP contribution in [0.15, 0.2) is 0 Å². The number of hydrogen-bond donors (Lipinski definition) is 1. The van der Waals surface area contributed by atoms with Crippen LogP contribution >= 0.6 is 0 Å². The van der Waals surface area contributed by atoms with Crippen LogP contribution in [0.3, 0.4) is 0 Å². The van der Waals surface area contributed by atoms with E-state index in [1.54, 1.807) is 14.1 Å². The Morgan fingerprint density at radius 3 is 2.82 bits per heavy atom. The van der Waals surface area contributed by atoms with Gasteiger partial charge in [0.25, 0.3) is 0 Å². The molecule has 1 aromatic heterocycles. The number of amides is 2. The summed E-state index contributed by atoms with van der Waals surface area (Å²) in [6, 6.07) is -0.245. The van der Waals surface area contributed by atoms with Crippen molar-refractivity contribution in [2.45, 2.75) is 18.9 Å². The topological polar surface area (TPSA) is 95.1 Å². The number of aromatic nitrogens is 4. The first kappa shape index (κ1) is 11.5. The third-order valence-corrected chi connectivity index (χ3v) is 2.76. The summed E-state index contributed by atoms with van der Waals surface area (Å²) in [5.41, 5.74) is 0. The molecule has 0 bridgehead atoms. The second kappa shape index (κ2) is 4.48. The van der Waals surface area contributed by atoms with Crippen molar-refractivity contribution in [1.29, 1.82) is 0 Å². The SMILES string of the molecule is CN(C)C(=O)C(=O)N1CCCC1c1nn[nH]n1. The fourth-order valence-electron chi connectivity index (χ4n) is 1.90. The normalized spacial score (nSPS) is 19.4. The average molecular weight is 238 g/mol. The van der Waals surface area contributed by atoms with Gasteiger partial charge in [-0.3, -0.25) is 9.59 Å². The Morgan fingerprint density at radius 1 is 1.47 bits per heavy atom. The van der Waals surface area contributed by atoms with Gasteiger partial charge in [-0.2, -0.15) is 5.21 Å². The first-order chi connectivity index (χ1) is 8.11. The van der Waals surface area contributed by atoms with Crippen molar-refractivity contribution in [1.82, 2.24) is 30.4 Å². The van der Waals surface area contributed by atoms with E-state index in [2.05, 4.69) is 20.6 Å². The van der Waals surface area contributed by atoms with Gasteiger partial charge in [-0.1, -0.05) is 5.21 Å². The highest BCUT2D eigenvalue weighted by molar-refractivity contribution is 6.34. The predicted octanol–water partition coefficient (Wildman–Crippen LogP) is -1.05. The molecule has 0 aromatic carbocycles. The van der Waals surface area contributed by atoms with E-state index in [1.165, 1.54) is 9.80 Å². The molecule has 0 aliphatic carbocycles. The van der Waals surface area contributed by atoms with Crippen LogP contribution in [-0.2, 0) is 9.59 Å². The van der Waals surface area contributed by atoms with Gasteiger partial charge in [0.1, 0.15) is 0 Å². The summed E-state index contributed by atoms with van der Waals surface area (Å²) in [5.74, 6) is -0.579. The van der Waals surface area contributed by atoms with Gasteiger partial charge in [0.05, 0.1) is 6.04 Å². The number of nitrogens with zero attached hydrogens (tertiary/aromatic N) is 5. The molecule has 1 aromatic rings. The van der Waals surface area contributed by atoms with E-state index in [9.17, 15) is 9.59 Å². The zero-order chi connectivity index (χ0) is 12.4. The molecule has 17 heavy (non-hydrogen) atoms. The Bertz CT molecular complexity index is 415. The van der Waals surface area contributed by atoms with Gasteiger partial charge in [-0.05, 0) is 12.8 Å². The van der Waals surface area contributed by atoms with Crippen molar-refractivity contribution in [2.24, 2.45) is 0 Å². The van der Waals surface area contributed by atoms with Crippen LogP contribution in [0.4, 0.5) is 0 Å². The zero-order valence-corrected chi connectivity index (χ0v) is 9.75. The predicted molar refractivity (Wildman–Crippen MR) is 56.6 cm³/mol. The van der Waals surface area contributed by atoms with Crippen molar-refractivity contribution in [3.63, 3.8) is 0 Å². The van der Waals surface area contributed by atoms with Crippen LogP contribution in [0.5, 0.6) is 0 Å². The molecule has 0 radical (unpaired) electrons. The summed E-state index contributed by atoms with van der Waals surface area (Å²) in [6.45, 7) is 0.553. The fourth-order valence-corrected chi connectivity index (χ4v) is 1.90. The summed E-state index contributed by atoms with van der Waals surface area (Å²) in [5, 5.41) is 13.6. The van der Waals surface area contributed by atoms with Crippen LogP contribution in [-0.4, -0.2) is 62.9 Å². The molecule has 1 atom stereocenters. The molecule has 8 nitrogen and oxygen atoms in total. The smallest absolute Gasteiger partial charge is 0.312 e. The molecule has 2 rings (SSSR count). The van der Waals surface area contributed by atoms with Crippen molar-refractivity contribution in [3.05, 3.63) is 5.82 Å². The number of hydrogen-bond acceptors (Lipinski definition) is 5. The number of tetrazole rings is 1. The lowest BCUT2D eigenvalue weighted by Gasteiger charge is -2.22. The Kier molecular flexibility index (Phi) is 3.03. The van der Waals surface area contributed by atoms with E-state index >= 15 is 0 Å². The van der Waals surface area contributed by atoms with Gasteiger partial charge in [-0.15, -0.1) is 10.2 Å². The summed E-state index contributed by atoms with van der Waals surface area (Å²) in [4.78, 5) is 26.3. The molecular weight excluding hydrogens is 224 g/mol. The number of likely N-dealkylation sites (N-methyl/N-ethyl adjacent to an activating group) is 1. The zero-order valence-electron chi connectivity index (χ0n) is 9.75. The van der Waals surface area contributed by atoms with Gasteiger partial charge < -0.3 is 9.80 Å². The van der Waals surface area contributed by atoms with Crippen molar-refractivity contribution in [2.75, 3.05) is 20.6 Å². The Labute approximate surface area is 98.0 Å². The standard InChI is InChI=1S/C9H14N6O2/c1-14(2)8(16)9(17)15-5-3-4-6(15)7-10-12-13-11-7/h6H,3-5H2,1-2H3,(H,10,11,12,13). The van der Waals surface area contributed by atoms with E-state index in [-0.39, 0.29) is 6.04 Å². The van der Waals surface area contributed by atoms with Crippen LogP contribution in [0.25, 0.3) is 0 Å². The number of aromatic amines is 1. The van der Waals surface area contributed by atoms with E-state index in [1.807, 2.05) is 0 Å². The highest BCUT2D eigenvalue weighted by Gasteiger charge is 2.36. The van der Waals surface area contributed by atoms with Gasteiger partial charge in [0.15, 0.2) is 5.82 Å². The van der Waals surface area contributed by atoms with Crippen molar-refractivity contribution in [3.8, 4) is 0 Å². The quantitative estimate of drug-likeness (QED) is 0.630. The minimum atomic E-state index is -0.527. The molecule has 1 saturated heterocycles. The van der Waals surface area contributed by atoms with Gasteiger partial charge in [0.2, 0.25) is 0 Å². The van der Waals surface area contributed by atoms with Crippen molar-refractivity contribution < 1.29 is 9.59 Å². The molecule has 1 aliphatic rings. The third-order valence-electron chi connectivity index (χ3n) is 2.76. The first-order valence-corrected chi connectivity index (χ1v) is 5.37. The number of nitrogens with one attached hydrogen (secondary N) is 1. The Hall–Kier alpha value is -1.99. The minimum Gasteiger partial charge on any atom is -0.341 e. The minimum absolute atomic E-state index is 0.245. The molecule has 8 heteroatoms. The Balaban J connectivity index is 2.15. The molecular formula is C9H14N6O2. The summed E-state index contributed by atoms with van der Waals surface area (Å²) < 4.78 is 0. The third kappa shape index (κ3) is 2.10. The maximum absolute atomic E-state index is 11.9. The highest BCUT2D eigenvalue weighted by Crippen LogP contribution is 2.29. The summed E-state index contributed by atoms with van der Waals surface area (Å²) in [7, 11) is 3.11. The number of rotatable bonds is 1. The molecule has 92 valence electrons. The monoisotopic (exact) mass is 238 g/mol. The van der Waals surface area contributed by atoms with E-state index in [0.717, 1.165) is 12.8 Å². The van der Waals surface area contributed by atoms with E-state index in [4.69, 9.17) is 0 Å². The van der Waals surface area contributed by atoms with Gasteiger partial charge >= 0.3 is 11.8 Å². The fraction of sp³-hybridized carbons (Fsp3) is 0.667. The molecule has 2 amide bonds. The molecule has 0 saturated carbocycles. The van der Waals surface area contributed by atoms with Crippen LogP contribution in [0.1, 0.15) is 24.7 Å². The highest BCUT2D eigenvalue weighted by atomic mass is 16.2. The summed E-state index contributed by atoms with van der Waals surface area (Å²) in [6.07, 6.45) is 1.59. The second-order valence-electron chi connectivity index (χ2n) is 4.13. The lowest BCUT2D eigenvalue weighted by molar-refractivity contribution is -0.151. The number of carbonyl (C=O) groups is 2. The largest absolute Gasteiger partial charge is 0.341 e. The lowest BCUT2D eigenvalue weighted by Crippen LogP contribution is -2.42. The molecule has 1 aliphatic heterocycles. The van der Waals surface area contributed by atoms with E-state index < -0.39 is 11.8 Å². The Morgan fingerprint density at radius 2 is 2.24 bits per heavy atom. The molecule has 1 N–H and O–H groups in total. The maximum atomic E-state index is 11.9. The molecule has 0 spiro atoms. The van der Waals surface area contributed by atoms with Crippen molar-refractivity contribution >= 4 is 11.8 Å². The van der Waals surface area contributed by atoms with Crippen LogP contribution in [0.2, 0.25) is 0 Å². The summed E-state index contributed by atoms with van der Waals surface area (Å²) >= 11 is 0. The number of H-pyrrole nitrogens is 1. The molecule has 2 heterocycles. The van der Waals surface area contributed by atoms with Crippen LogP contribution < -0.4 is 0 Å². The number of likely N-dealkylation sites (tertiary alicyclic amines) is 1. The molecule has 1 unspecified atom stereocenters. The first-order valence-electron chi connectivity index (χ1n) is 5.37. The number of carbonyl (C=O) groups excluding carboxylic acids is 2. The maximum Gasteiger partial charge on any atom is 0.312 e. The van der Waals surface area contributed by atoms with E-state index in [0.29, 0.717) is 12.4 Å². The average Bonchev–Trinajstić information content (AvgIpc) is 2.96. The van der Waals surface area contributed by atoms with Gasteiger partial charge in [0, 0.05) is 20.6 Å². The molecule has 1 fully saturated rings. The van der Waals surface area contributed by atoms with Gasteiger partial charge in [-0.25, -0.2) is 0 Å². The second-order valence-corrected chi connectivity index (χ2v) is 4.13. The lowest BCUT2D eigenvalue weighted by atomic mass is 10.2.